The van der Waals surface area contributed by atoms with Crippen molar-refractivity contribution in [1.82, 2.24) is 9.88 Å². The van der Waals surface area contributed by atoms with Gasteiger partial charge in [-0.25, -0.2) is 0 Å². The lowest BCUT2D eigenvalue weighted by Gasteiger charge is -2.21. The van der Waals surface area contributed by atoms with Gasteiger partial charge in [-0.1, -0.05) is 37.3 Å². The molecule has 6 nitrogen and oxygen atoms in total. The number of likely N-dealkylation sites (N-methyl/N-ethyl adjacent to an activating group) is 1. The molecule has 0 spiro atoms. The SMILES string of the molecule is CCCOc1ccc(C2=C(N(C)c3ccccc3)C(=O)N(Cc3ccncc3)C2=O)cc1. The Bertz CT molecular complexity index is 1130. The summed E-state index contributed by atoms with van der Waals surface area (Å²) >= 11 is 0. The molecule has 2 aromatic carbocycles. The van der Waals surface area contributed by atoms with Crippen LogP contribution in [0.2, 0.25) is 0 Å². The van der Waals surface area contributed by atoms with E-state index in [-0.39, 0.29) is 18.4 Å². The van der Waals surface area contributed by atoms with E-state index in [1.807, 2.05) is 68.6 Å². The molecule has 6 heteroatoms. The van der Waals surface area contributed by atoms with Gasteiger partial charge in [0.25, 0.3) is 11.8 Å². The number of nitrogens with zero attached hydrogens (tertiary/aromatic N) is 3. The van der Waals surface area contributed by atoms with Crippen LogP contribution in [0, 0.1) is 0 Å². The van der Waals surface area contributed by atoms with Crippen LogP contribution in [0.3, 0.4) is 0 Å². The summed E-state index contributed by atoms with van der Waals surface area (Å²) in [6, 6.07) is 20.5. The number of aromatic nitrogens is 1. The van der Waals surface area contributed by atoms with Gasteiger partial charge in [0.1, 0.15) is 11.4 Å². The minimum absolute atomic E-state index is 0.188. The number of para-hydroxylation sites is 1. The first kappa shape index (κ1) is 21.3. The fraction of sp³-hybridized carbons (Fsp3) is 0.192. The van der Waals surface area contributed by atoms with Gasteiger partial charge in [-0.05, 0) is 53.9 Å². The third-order valence-electron chi connectivity index (χ3n) is 5.33. The van der Waals surface area contributed by atoms with Crippen LogP contribution in [0.5, 0.6) is 5.75 Å². The van der Waals surface area contributed by atoms with Crippen molar-refractivity contribution >= 4 is 23.1 Å². The molecule has 0 N–H and O–H groups in total. The molecule has 0 unspecified atom stereocenters. The maximum absolute atomic E-state index is 13.5. The zero-order valence-corrected chi connectivity index (χ0v) is 18.2. The summed E-state index contributed by atoms with van der Waals surface area (Å²) in [5.41, 5.74) is 3.10. The molecule has 162 valence electrons. The number of amides is 2. The molecule has 2 heterocycles. The molecular weight excluding hydrogens is 402 g/mol. The maximum atomic E-state index is 13.5. The summed E-state index contributed by atoms with van der Waals surface area (Å²) in [4.78, 5) is 34.1. The lowest BCUT2D eigenvalue weighted by molar-refractivity contribution is -0.137. The molecule has 0 saturated heterocycles. The molecule has 2 amide bonds. The predicted molar refractivity (Wildman–Crippen MR) is 124 cm³/mol. The van der Waals surface area contributed by atoms with E-state index in [9.17, 15) is 9.59 Å². The van der Waals surface area contributed by atoms with Crippen LogP contribution >= 0.6 is 0 Å². The Hall–Kier alpha value is -3.93. The van der Waals surface area contributed by atoms with Crippen molar-refractivity contribution in [2.45, 2.75) is 19.9 Å². The molecule has 1 aliphatic heterocycles. The van der Waals surface area contributed by atoms with Crippen molar-refractivity contribution in [2.24, 2.45) is 0 Å². The summed E-state index contributed by atoms with van der Waals surface area (Å²) in [6.07, 6.45) is 4.22. The van der Waals surface area contributed by atoms with Gasteiger partial charge in [-0.3, -0.25) is 19.5 Å². The van der Waals surface area contributed by atoms with Crippen molar-refractivity contribution < 1.29 is 14.3 Å². The van der Waals surface area contributed by atoms with E-state index in [1.54, 1.807) is 29.4 Å². The smallest absolute Gasteiger partial charge is 0.278 e. The topological polar surface area (TPSA) is 62.7 Å². The molecule has 0 radical (unpaired) electrons. The number of ether oxygens (including phenoxy) is 1. The maximum Gasteiger partial charge on any atom is 0.278 e. The number of anilines is 1. The summed E-state index contributed by atoms with van der Waals surface area (Å²) < 4.78 is 5.67. The number of pyridine rings is 1. The second-order valence-corrected chi connectivity index (χ2v) is 7.54. The largest absolute Gasteiger partial charge is 0.494 e. The van der Waals surface area contributed by atoms with Gasteiger partial charge < -0.3 is 9.64 Å². The number of hydrogen-bond donors (Lipinski definition) is 0. The summed E-state index contributed by atoms with van der Waals surface area (Å²) in [5, 5.41) is 0. The Kier molecular flexibility index (Phi) is 6.31. The second-order valence-electron chi connectivity index (χ2n) is 7.54. The Morgan fingerprint density at radius 3 is 2.25 bits per heavy atom. The predicted octanol–water partition coefficient (Wildman–Crippen LogP) is 4.29. The average Bonchev–Trinajstić information content (AvgIpc) is 3.08. The van der Waals surface area contributed by atoms with Crippen molar-refractivity contribution in [3.8, 4) is 5.75 Å². The zero-order chi connectivity index (χ0) is 22.5. The normalized spacial score (nSPS) is 13.6. The molecule has 32 heavy (non-hydrogen) atoms. The molecular formula is C26H25N3O3. The van der Waals surface area contributed by atoms with Crippen LogP contribution < -0.4 is 9.64 Å². The minimum atomic E-state index is -0.320. The van der Waals surface area contributed by atoms with Crippen molar-refractivity contribution in [3.63, 3.8) is 0 Å². The quantitative estimate of drug-likeness (QED) is 0.502. The zero-order valence-electron chi connectivity index (χ0n) is 18.2. The lowest BCUT2D eigenvalue weighted by Crippen LogP contribution is -2.33. The van der Waals surface area contributed by atoms with Crippen LogP contribution in [0.25, 0.3) is 5.57 Å². The lowest BCUT2D eigenvalue weighted by atomic mass is 10.0. The highest BCUT2D eigenvalue weighted by Gasteiger charge is 2.41. The van der Waals surface area contributed by atoms with Gasteiger partial charge >= 0.3 is 0 Å². The first-order valence-electron chi connectivity index (χ1n) is 10.6. The van der Waals surface area contributed by atoms with Crippen LogP contribution in [0.15, 0.2) is 84.8 Å². The number of carbonyl (C=O) groups is 2. The second kappa shape index (κ2) is 9.47. The standard InChI is InChI=1S/C26H25N3O3/c1-3-17-32-22-11-9-20(10-12-22)23-24(28(2)21-7-5-4-6-8-21)26(31)29(25(23)30)18-19-13-15-27-16-14-19/h4-16H,3,17-18H2,1-2H3. The van der Waals surface area contributed by atoms with Crippen LogP contribution in [0.4, 0.5) is 5.69 Å². The number of imide groups is 1. The van der Waals surface area contributed by atoms with E-state index >= 15 is 0 Å². The van der Waals surface area contributed by atoms with E-state index in [4.69, 9.17) is 4.74 Å². The van der Waals surface area contributed by atoms with Gasteiger partial charge in [0.15, 0.2) is 0 Å². The van der Waals surface area contributed by atoms with E-state index < -0.39 is 0 Å². The highest BCUT2D eigenvalue weighted by Crippen LogP contribution is 2.34. The summed E-state index contributed by atoms with van der Waals surface area (Å²) in [6.45, 7) is 2.86. The Morgan fingerprint density at radius 2 is 1.59 bits per heavy atom. The molecule has 0 fully saturated rings. The first-order chi connectivity index (χ1) is 15.6. The van der Waals surface area contributed by atoms with E-state index in [2.05, 4.69) is 4.98 Å². The highest BCUT2D eigenvalue weighted by atomic mass is 16.5. The highest BCUT2D eigenvalue weighted by molar-refractivity contribution is 6.36. The summed E-state index contributed by atoms with van der Waals surface area (Å²) in [7, 11) is 1.81. The fourth-order valence-corrected chi connectivity index (χ4v) is 3.67. The molecule has 1 aromatic heterocycles. The third-order valence-corrected chi connectivity index (χ3v) is 5.33. The van der Waals surface area contributed by atoms with E-state index in [1.165, 1.54) is 4.90 Å². The van der Waals surface area contributed by atoms with Crippen molar-refractivity contribution in [1.29, 1.82) is 0 Å². The van der Waals surface area contributed by atoms with Gasteiger partial charge in [-0.15, -0.1) is 0 Å². The van der Waals surface area contributed by atoms with Crippen LogP contribution in [0.1, 0.15) is 24.5 Å². The molecule has 3 aromatic rings. The number of carbonyl (C=O) groups excluding carboxylic acids is 2. The fourth-order valence-electron chi connectivity index (χ4n) is 3.67. The van der Waals surface area contributed by atoms with E-state index in [0.29, 0.717) is 23.4 Å². The molecule has 0 aliphatic carbocycles. The Morgan fingerprint density at radius 1 is 0.906 bits per heavy atom. The third kappa shape index (κ3) is 4.25. The Balaban J connectivity index is 1.74. The molecule has 0 atom stereocenters. The van der Waals surface area contributed by atoms with Crippen molar-refractivity contribution in [2.75, 3.05) is 18.6 Å². The van der Waals surface area contributed by atoms with Gasteiger partial charge in [0.05, 0.1) is 18.7 Å². The van der Waals surface area contributed by atoms with Gasteiger partial charge in [-0.2, -0.15) is 0 Å². The molecule has 1 aliphatic rings. The number of rotatable bonds is 8. The van der Waals surface area contributed by atoms with Crippen LogP contribution in [-0.4, -0.2) is 35.4 Å². The average molecular weight is 428 g/mol. The molecule has 0 saturated carbocycles. The van der Waals surface area contributed by atoms with E-state index in [0.717, 1.165) is 23.4 Å². The first-order valence-corrected chi connectivity index (χ1v) is 10.6. The molecule has 0 bridgehead atoms. The van der Waals surface area contributed by atoms with Crippen LogP contribution in [-0.2, 0) is 16.1 Å². The monoisotopic (exact) mass is 427 g/mol. The van der Waals surface area contributed by atoms with Gasteiger partial charge in [0.2, 0.25) is 0 Å². The number of benzene rings is 2. The minimum Gasteiger partial charge on any atom is -0.494 e. The molecule has 4 rings (SSSR count). The van der Waals surface area contributed by atoms with Crippen molar-refractivity contribution in [3.05, 3.63) is 95.9 Å². The number of hydrogen-bond acceptors (Lipinski definition) is 5. The summed E-state index contributed by atoms with van der Waals surface area (Å²) in [5.74, 6) is 0.103. The van der Waals surface area contributed by atoms with Gasteiger partial charge in [0, 0.05) is 25.1 Å². The Labute approximate surface area is 187 Å².